The highest BCUT2D eigenvalue weighted by atomic mass is 35.5. The number of nitrogens with zero attached hydrogens (tertiary/aromatic N) is 2. The summed E-state index contributed by atoms with van der Waals surface area (Å²) in [5.41, 5.74) is 0. The molecule has 5 heteroatoms. The fraction of sp³-hybridized carbons (Fsp3) is 0.692. The van der Waals surface area contributed by atoms with E-state index in [9.17, 15) is 0 Å². The molecule has 0 N–H and O–H groups in total. The van der Waals surface area contributed by atoms with Crippen LogP contribution in [0.2, 0.25) is 5.15 Å². The Bertz CT molecular complexity index is 372. The number of halogens is 1. The minimum atomic E-state index is 0.441. The standard InChI is InChI=1S/C13H21ClN2OS/c1-9(2)5-6-17-12-7-11(14)15-13(16-12)18-8-10(3)4/h7,9-10H,5-6,8H2,1-4H3. The summed E-state index contributed by atoms with van der Waals surface area (Å²) in [6.45, 7) is 9.33. The molecule has 3 nitrogen and oxygen atoms in total. The smallest absolute Gasteiger partial charge is 0.218 e. The van der Waals surface area contributed by atoms with Crippen molar-refractivity contribution in [3.05, 3.63) is 11.2 Å². The molecule has 0 aliphatic carbocycles. The Hall–Kier alpha value is -0.480. The molecule has 0 aliphatic heterocycles. The van der Waals surface area contributed by atoms with E-state index < -0.39 is 0 Å². The molecular weight excluding hydrogens is 268 g/mol. The summed E-state index contributed by atoms with van der Waals surface area (Å²) >= 11 is 7.57. The molecule has 1 rings (SSSR count). The highest BCUT2D eigenvalue weighted by Crippen LogP contribution is 2.22. The van der Waals surface area contributed by atoms with E-state index in [0.29, 0.717) is 34.6 Å². The highest BCUT2D eigenvalue weighted by molar-refractivity contribution is 7.99. The Morgan fingerprint density at radius 2 is 1.94 bits per heavy atom. The van der Waals surface area contributed by atoms with Gasteiger partial charge in [0.2, 0.25) is 5.88 Å². The second kappa shape index (κ2) is 7.85. The minimum absolute atomic E-state index is 0.441. The van der Waals surface area contributed by atoms with Gasteiger partial charge in [0.15, 0.2) is 5.16 Å². The lowest BCUT2D eigenvalue weighted by atomic mass is 10.1. The zero-order valence-corrected chi connectivity index (χ0v) is 13.0. The van der Waals surface area contributed by atoms with Gasteiger partial charge in [-0.15, -0.1) is 0 Å². The van der Waals surface area contributed by atoms with Crippen molar-refractivity contribution in [2.75, 3.05) is 12.4 Å². The lowest BCUT2D eigenvalue weighted by Crippen LogP contribution is -2.04. The number of hydrogen-bond acceptors (Lipinski definition) is 4. The Kier molecular flexibility index (Phi) is 6.79. The zero-order valence-electron chi connectivity index (χ0n) is 11.4. The van der Waals surface area contributed by atoms with E-state index in [2.05, 4.69) is 37.7 Å². The first-order chi connectivity index (χ1) is 8.47. The molecule has 18 heavy (non-hydrogen) atoms. The third-order valence-electron chi connectivity index (χ3n) is 2.14. The first-order valence-corrected chi connectivity index (χ1v) is 7.64. The van der Waals surface area contributed by atoms with Crippen LogP contribution in [0.5, 0.6) is 5.88 Å². The van der Waals surface area contributed by atoms with Crippen molar-refractivity contribution in [3.8, 4) is 5.88 Å². The summed E-state index contributed by atoms with van der Waals surface area (Å²) < 4.78 is 5.60. The van der Waals surface area contributed by atoms with E-state index in [0.717, 1.165) is 12.2 Å². The average Bonchev–Trinajstić information content (AvgIpc) is 2.25. The molecule has 0 fully saturated rings. The third kappa shape index (κ3) is 6.45. The Balaban J connectivity index is 2.57. The maximum atomic E-state index is 5.96. The molecule has 1 heterocycles. The van der Waals surface area contributed by atoms with Crippen LogP contribution >= 0.6 is 23.4 Å². The highest BCUT2D eigenvalue weighted by Gasteiger charge is 2.06. The summed E-state index contributed by atoms with van der Waals surface area (Å²) in [5.74, 6) is 2.77. The monoisotopic (exact) mass is 288 g/mol. The van der Waals surface area contributed by atoms with Gasteiger partial charge in [-0.3, -0.25) is 0 Å². The lowest BCUT2D eigenvalue weighted by molar-refractivity contribution is 0.277. The average molecular weight is 289 g/mol. The van der Waals surface area contributed by atoms with Crippen molar-refractivity contribution in [3.63, 3.8) is 0 Å². The van der Waals surface area contributed by atoms with Crippen LogP contribution < -0.4 is 4.74 Å². The number of thioether (sulfide) groups is 1. The molecule has 1 aromatic heterocycles. The van der Waals surface area contributed by atoms with Gasteiger partial charge in [0, 0.05) is 11.8 Å². The number of hydrogen-bond donors (Lipinski definition) is 0. The summed E-state index contributed by atoms with van der Waals surface area (Å²) in [7, 11) is 0. The fourth-order valence-corrected chi connectivity index (χ4v) is 2.18. The molecule has 0 aromatic carbocycles. The van der Waals surface area contributed by atoms with E-state index in [-0.39, 0.29) is 0 Å². The topological polar surface area (TPSA) is 35.0 Å². The Morgan fingerprint density at radius 1 is 1.22 bits per heavy atom. The van der Waals surface area contributed by atoms with Crippen LogP contribution in [0.25, 0.3) is 0 Å². The predicted molar refractivity (Wildman–Crippen MR) is 77.6 cm³/mol. The van der Waals surface area contributed by atoms with Crippen LogP contribution in [-0.4, -0.2) is 22.3 Å². The van der Waals surface area contributed by atoms with Gasteiger partial charge >= 0.3 is 0 Å². The first-order valence-electron chi connectivity index (χ1n) is 6.27. The van der Waals surface area contributed by atoms with E-state index >= 15 is 0 Å². The third-order valence-corrected chi connectivity index (χ3v) is 3.61. The van der Waals surface area contributed by atoms with E-state index in [1.807, 2.05) is 0 Å². The molecule has 102 valence electrons. The van der Waals surface area contributed by atoms with Crippen LogP contribution in [0.3, 0.4) is 0 Å². The van der Waals surface area contributed by atoms with Gasteiger partial charge in [0.1, 0.15) is 5.15 Å². The van der Waals surface area contributed by atoms with Gasteiger partial charge in [-0.05, 0) is 18.3 Å². The predicted octanol–water partition coefficient (Wildman–Crippen LogP) is 4.30. The van der Waals surface area contributed by atoms with Gasteiger partial charge in [0.05, 0.1) is 6.61 Å². The van der Waals surface area contributed by atoms with Gasteiger partial charge in [-0.25, -0.2) is 4.98 Å². The maximum Gasteiger partial charge on any atom is 0.218 e. The molecule has 0 atom stereocenters. The van der Waals surface area contributed by atoms with E-state index in [1.165, 1.54) is 0 Å². The first kappa shape index (κ1) is 15.6. The van der Waals surface area contributed by atoms with Crippen molar-refractivity contribution in [1.29, 1.82) is 0 Å². The SMILES string of the molecule is CC(C)CCOc1cc(Cl)nc(SCC(C)C)n1. The number of rotatable bonds is 7. The molecule has 1 aromatic rings. The van der Waals surface area contributed by atoms with Crippen molar-refractivity contribution in [1.82, 2.24) is 9.97 Å². The van der Waals surface area contributed by atoms with Crippen LogP contribution in [0, 0.1) is 11.8 Å². The fourth-order valence-electron chi connectivity index (χ4n) is 1.16. The van der Waals surface area contributed by atoms with Gasteiger partial charge in [0.25, 0.3) is 0 Å². The summed E-state index contributed by atoms with van der Waals surface area (Å²) in [4.78, 5) is 8.53. The lowest BCUT2D eigenvalue weighted by Gasteiger charge is -2.09. The minimum Gasteiger partial charge on any atom is -0.478 e. The molecule has 0 bridgehead atoms. The number of aromatic nitrogens is 2. The molecule has 0 spiro atoms. The molecule has 0 aliphatic rings. The van der Waals surface area contributed by atoms with Crippen molar-refractivity contribution >= 4 is 23.4 Å². The second-order valence-corrected chi connectivity index (χ2v) is 6.42. The van der Waals surface area contributed by atoms with Crippen molar-refractivity contribution in [2.24, 2.45) is 11.8 Å². The van der Waals surface area contributed by atoms with Gasteiger partial charge in [-0.2, -0.15) is 4.98 Å². The van der Waals surface area contributed by atoms with Crippen LogP contribution in [-0.2, 0) is 0 Å². The molecule has 0 unspecified atom stereocenters. The summed E-state index contributed by atoms with van der Waals surface area (Å²) in [6, 6.07) is 1.67. The zero-order chi connectivity index (χ0) is 13.5. The normalized spacial score (nSPS) is 11.3. The van der Waals surface area contributed by atoms with Crippen molar-refractivity contribution in [2.45, 2.75) is 39.3 Å². The Morgan fingerprint density at radius 3 is 2.56 bits per heavy atom. The van der Waals surface area contributed by atoms with E-state index in [4.69, 9.17) is 16.3 Å². The quantitative estimate of drug-likeness (QED) is 0.426. The maximum absolute atomic E-state index is 5.96. The second-order valence-electron chi connectivity index (χ2n) is 5.05. The largest absolute Gasteiger partial charge is 0.478 e. The molecule has 0 saturated heterocycles. The molecular formula is C13H21ClN2OS. The van der Waals surface area contributed by atoms with Crippen LogP contribution in [0.15, 0.2) is 11.2 Å². The van der Waals surface area contributed by atoms with Gasteiger partial charge < -0.3 is 4.74 Å². The van der Waals surface area contributed by atoms with Gasteiger partial charge in [-0.1, -0.05) is 51.1 Å². The van der Waals surface area contributed by atoms with Crippen molar-refractivity contribution < 1.29 is 4.74 Å². The van der Waals surface area contributed by atoms with Crippen LogP contribution in [0.1, 0.15) is 34.1 Å². The molecule has 0 saturated carbocycles. The molecule has 0 amide bonds. The summed E-state index contributed by atoms with van der Waals surface area (Å²) in [5, 5.41) is 1.13. The summed E-state index contributed by atoms with van der Waals surface area (Å²) in [6.07, 6.45) is 1.01. The van der Waals surface area contributed by atoms with E-state index in [1.54, 1.807) is 17.8 Å². The van der Waals surface area contributed by atoms with Crippen LogP contribution in [0.4, 0.5) is 0 Å². The Labute approximate surface area is 119 Å². The number of ether oxygens (including phenoxy) is 1. The molecule has 0 radical (unpaired) electrons.